The summed E-state index contributed by atoms with van der Waals surface area (Å²) in [7, 11) is 1.54. The Hall–Kier alpha value is -0.510. The minimum atomic E-state index is -4.16. The molecule has 0 atom stereocenters. The summed E-state index contributed by atoms with van der Waals surface area (Å²) in [4.78, 5) is 3.94. The number of guanidine groups is 1. The van der Waals surface area contributed by atoms with E-state index in [0.717, 1.165) is 10.0 Å². The number of nitrogens with one attached hydrogen (secondary N) is 2. The zero-order chi connectivity index (χ0) is 16.8. The van der Waals surface area contributed by atoms with Crippen molar-refractivity contribution < 1.29 is 13.2 Å². The van der Waals surface area contributed by atoms with Crippen LogP contribution in [0.5, 0.6) is 0 Å². The molecular formula is C15H22BrF3IN3. The van der Waals surface area contributed by atoms with E-state index in [-0.39, 0.29) is 35.9 Å². The highest BCUT2D eigenvalue weighted by Gasteiger charge is 2.26. The van der Waals surface area contributed by atoms with Gasteiger partial charge in [-0.25, -0.2) is 0 Å². The maximum absolute atomic E-state index is 12.1. The molecule has 2 N–H and O–H groups in total. The fourth-order valence-corrected chi connectivity index (χ4v) is 2.12. The number of halogens is 5. The number of aliphatic imine (C=N–C) groups is 1. The highest BCUT2D eigenvalue weighted by atomic mass is 127. The normalized spacial score (nSPS) is 12.6. The minimum Gasteiger partial charge on any atom is -0.356 e. The van der Waals surface area contributed by atoms with E-state index >= 15 is 0 Å². The van der Waals surface area contributed by atoms with Crippen molar-refractivity contribution in [1.29, 1.82) is 0 Å². The first-order chi connectivity index (χ1) is 10.1. The van der Waals surface area contributed by atoms with Crippen molar-refractivity contribution in [3.8, 4) is 0 Å². The van der Waals surface area contributed by atoms with Gasteiger partial charge in [0.2, 0.25) is 0 Å². The Bertz CT molecular complexity index is 502. The zero-order valence-corrected chi connectivity index (χ0v) is 17.2. The number of hydrogen-bond acceptors (Lipinski definition) is 1. The van der Waals surface area contributed by atoms with Gasteiger partial charge in [-0.05, 0) is 17.7 Å². The molecular weight excluding hydrogens is 486 g/mol. The van der Waals surface area contributed by atoms with Gasteiger partial charge in [-0.3, -0.25) is 4.99 Å². The van der Waals surface area contributed by atoms with Crippen LogP contribution in [0.4, 0.5) is 13.2 Å². The van der Waals surface area contributed by atoms with Gasteiger partial charge in [0.1, 0.15) is 0 Å². The summed E-state index contributed by atoms with van der Waals surface area (Å²) in [6.45, 7) is 4.49. The van der Waals surface area contributed by atoms with Gasteiger partial charge in [0, 0.05) is 30.0 Å². The molecule has 8 heteroatoms. The first-order valence-corrected chi connectivity index (χ1v) is 7.71. The van der Waals surface area contributed by atoms with Crippen LogP contribution in [0.15, 0.2) is 33.7 Å². The van der Waals surface area contributed by atoms with Crippen LogP contribution in [0.25, 0.3) is 0 Å². The van der Waals surface area contributed by atoms with Crippen LogP contribution in [0.2, 0.25) is 0 Å². The van der Waals surface area contributed by atoms with Gasteiger partial charge in [0.05, 0.1) is 6.42 Å². The zero-order valence-electron chi connectivity index (χ0n) is 13.3. The second kappa shape index (κ2) is 9.71. The number of nitrogens with zero attached hydrogens (tertiary/aromatic N) is 1. The topological polar surface area (TPSA) is 36.4 Å². The van der Waals surface area contributed by atoms with Crippen molar-refractivity contribution in [2.45, 2.75) is 31.9 Å². The first-order valence-electron chi connectivity index (χ1n) is 6.91. The molecule has 1 rings (SSSR count). The van der Waals surface area contributed by atoms with E-state index in [2.05, 4.69) is 45.4 Å². The van der Waals surface area contributed by atoms with Crippen molar-refractivity contribution in [3.63, 3.8) is 0 Å². The third-order valence-electron chi connectivity index (χ3n) is 3.25. The smallest absolute Gasteiger partial charge is 0.356 e. The average molecular weight is 508 g/mol. The molecule has 0 aliphatic carbocycles. The Morgan fingerprint density at radius 3 is 2.17 bits per heavy atom. The van der Waals surface area contributed by atoms with Gasteiger partial charge in [0.15, 0.2) is 5.96 Å². The summed E-state index contributed by atoms with van der Waals surface area (Å²) in [6, 6.07) is 7.97. The molecule has 0 aliphatic rings. The van der Waals surface area contributed by atoms with E-state index in [1.807, 2.05) is 24.3 Å². The van der Waals surface area contributed by atoms with E-state index < -0.39 is 12.6 Å². The van der Waals surface area contributed by atoms with Crippen LogP contribution in [0.3, 0.4) is 0 Å². The molecule has 1 aromatic rings. The maximum Gasteiger partial charge on any atom is 0.390 e. The molecule has 0 spiro atoms. The molecule has 3 nitrogen and oxygen atoms in total. The summed E-state index contributed by atoms with van der Waals surface area (Å²) in [5, 5.41) is 5.74. The van der Waals surface area contributed by atoms with E-state index in [4.69, 9.17) is 0 Å². The molecule has 0 aliphatic heterocycles. The lowest BCUT2D eigenvalue weighted by Gasteiger charge is -2.27. The molecule has 0 saturated heterocycles. The van der Waals surface area contributed by atoms with Gasteiger partial charge in [-0.15, -0.1) is 24.0 Å². The third kappa shape index (κ3) is 8.78. The van der Waals surface area contributed by atoms with E-state index in [9.17, 15) is 13.2 Å². The monoisotopic (exact) mass is 507 g/mol. The first kappa shape index (κ1) is 22.5. The van der Waals surface area contributed by atoms with Gasteiger partial charge >= 0.3 is 6.18 Å². The summed E-state index contributed by atoms with van der Waals surface area (Å²) in [6.07, 6.45) is -5.05. The molecule has 0 amide bonds. The number of hydrogen-bond donors (Lipinski definition) is 2. The Kier molecular flexibility index (Phi) is 9.49. The van der Waals surface area contributed by atoms with Crippen molar-refractivity contribution in [3.05, 3.63) is 34.3 Å². The van der Waals surface area contributed by atoms with Gasteiger partial charge in [-0.2, -0.15) is 13.2 Å². The highest BCUT2D eigenvalue weighted by Crippen LogP contribution is 2.24. The van der Waals surface area contributed by atoms with Crippen molar-refractivity contribution >= 4 is 45.9 Å². The lowest BCUT2D eigenvalue weighted by molar-refractivity contribution is -0.132. The number of benzene rings is 1. The summed E-state index contributed by atoms with van der Waals surface area (Å²) in [5.41, 5.74) is 0.955. The number of rotatable bonds is 5. The second-order valence-corrected chi connectivity index (χ2v) is 6.52. The van der Waals surface area contributed by atoms with Crippen LogP contribution < -0.4 is 10.6 Å². The lowest BCUT2D eigenvalue weighted by Crippen LogP contribution is -2.44. The molecule has 0 unspecified atom stereocenters. The minimum absolute atomic E-state index is 0. The van der Waals surface area contributed by atoms with Crippen LogP contribution in [-0.2, 0) is 5.41 Å². The summed E-state index contributed by atoms with van der Waals surface area (Å²) in [5.74, 6) is 0.370. The predicted octanol–water partition coefficient (Wildman–Crippen LogP) is 4.46. The van der Waals surface area contributed by atoms with Crippen LogP contribution in [-0.4, -0.2) is 32.3 Å². The van der Waals surface area contributed by atoms with Crippen LogP contribution in [0, 0.1) is 0 Å². The molecule has 0 saturated carbocycles. The van der Waals surface area contributed by atoms with Gasteiger partial charge in [-0.1, -0.05) is 41.9 Å². The molecule has 132 valence electrons. The molecule has 0 bridgehead atoms. The second-order valence-electron chi connectivity index (χ2n) is 5.61. The SMILES string of the molecule is CN=C(NCCC(F)(F)F)NCC(C)(C)c1ccc(Br)cc1.I. The fourth-order valence-electron chi connectivity index (χ4n) is 1.85. The summed E-state index contributed by atoms with van der Waals surface area (Å²) < 4.78 is 37.4. The van der Waals surface area contributed by atoms with E-state index in [0.29, 0.717) is 12.5 Å². The lowest BCUT2D eigenvalue weighted by atomic mass is 9.85. The Morgan fingerprint density at radius 2 is 1.70 bits per heavy atom. The van der Waals surface area contributed by atoms with Crippen molar-refractivity contribution in [2.24, 2.45) is 4.99 Å². The molecule has 0 heterocycles. The van der Waals surface area contributed by atoms with E-state index in [1.54, 1.807) is 0 Å². The quantitative estimate of drug-likeness (QED) is 0.350. The largest absolute Gasteiger partial charge is 0.390 e. The number of alkyl halides is 3. The van der Waals surface area contributed by atoms with Gasteiger partial charge < -0.3 is 10.6 Å². The Labute approximate surface area is 160 Å². The highest BCUT2D eigenvalue weighted by molar-refractivity contribution is 14.0. The Morgan fingerprint density at radius 1 is 1.13 bits per heavy atom. The third-order valence-corrected chi connectivity index (χ3v) is 3.78. The fraction of sp³-hybridized carbons (Fsp3) is 0.533. The maximum atomic E-state index is 12.1. The van der Waals surface area contributed by atoms with Crippen LogP contribution in [0.1, 0.15) is 25.8 Å². The van der Waals surface area contributed by atoms with Gasteiger partial charge in [0.25, 0.3) is 0 Å². The van der Waals surface area contributed by atoms with Crippen molar-refractivity contribution in [1.82, 2.24) is 10.6 Å². The van der Waals surface area contributed by atoms with Crippen LogP contribution >= 0.6 is 39.9 Å². The van der Waals surface area contributed by atoms with E-state index in [1.165, 1.54) is 7.05 Å². The predicted molar refractivity (Wildman–Crippen MR) is 103 cm³/mol. The Balaban J connectivity index is 0.00000484. The molecule has 23 heavy (non-hydrogen) atoms. The molecule has 0 fully saturated rings. The average Bonchev–Trinajstić information content (AvgIpc) is 2.42. The molecule has 0 aromatic heterocycles. The standard InChI is InChI=1S/C15H21BrF3N3.HI/c1-14(2,11-4-6-12(16)7-5-11)10-22-13(20-3)21-9-8-15(17,18)19;/h4-7H,8-10H2,1-3H3,(H2,20,21,22);1H. The summed E-state index contributed by atoms with van der Waals surface area (Å²) >= 11 is 3.39. The molecule has 1 aromatic carbocycles. The van der Waals surface area contributed by atoms with Crippen molar-refractivity contribution in [2.75, 3.05) is 20.1 Å². The molecule has 0 radical (unpaired) electrons.